The number of H-pyrrole nitrogens is 1. The number of hydrogen-bond acceptors (Lipinski definition) is 7. The van der Waals surface area contributed by atoms with Crippen LogP contribution < -0.4 is 11.3 Å². The molecule has 47 heavy (non-hydrogen) atoms. The smallest absolute Gasteiger partial charge is 0.272 e. The molecule has 7 rings (SSSR count). The number of halogens is 2. The van der Waals surface area contributed by atoms with Gasteiger partial charge in [-0.15, -0.1) is 0 Å². The summed E-state index contributed by atoms with van der Waals surface area (Å²) in [5.41, 5.74) is 12.0. The summed E-state index contributed by atoms with van der Waals surface area (Å²) in [7, 11) is 2.15. The Morgan fingerprint density at radius 1 is 1.02 bits per heavy atom. The summed E-state index contributed by atoms with van der Waals surface area (Å²) in [6.45, 7) is 5.03. The lowest BCUT2D eigenvalue weighted by molar-refractivity contribution is -0.109. The zero-order valence-electron chi connectivity index (χ0n) is 27.0. The van der Waals surface area contributed by atoms with E-state index in [-0.39, 0.29) is 17.5 Å². The van der Waals surface area contributed by atoms with Crippen LogP contribution >= 0.6 is 23.2 Å². The van der Waals surface area contributed by atoms with Crippen molar-refractivity contribution in [1.82, 2.24) is 25.1 Å². The minimum atomic E-state index is -0.345. The first-order chi connectivity index (χ1) is 22.8. The molecular weight excluding hydrogens is 631 g/mol. The molecule has 1 saturated carbocycles. The van der Waals surface area contributed by atoms with Gasteiger partial charge in [0.15, 0.2) is 0 Å². The molecule has 5 aromatic rings. The average Bonchev–Trinajstić information content (AvgIpc) is 3.91. The van der Waals surface area contributed by atoms with E-state index in [0.29, 0.717) is 27.2 Å². The zero-order valence-corrected chi connectivity index (χ0v) is 28.5. The van der Waals surface area contributed by atoms with Gasteiger partial charge >= 0.3 is 0 Å². The van der Waals surface area contributed by atoms with Gasteiger partial charge in [-0.05, 0) is 86.7 Å². The van der Waals surface area contributed by atoms with Crippen LogP contribution in [0.1, 0.15) is 73.8 Å². The second kappa shape index (κ2) is 15.3. The second-order valence-corrected chi connectivity index (χ2v) is 12.6. The normalized spacial score (nSPS) is 15.9. The molecule has 1 unspecified atom stereocenters. The Bertz CT molecular complexity index is 1890. The number of benzene rings is 2. The Kier molecular flexibility index (Phi) is 11.2. The third kappa shape index (κ3) is 7.47. The molecule has 1 fully saturated rings. The fourth-order valence-corrected chi connectivity index (χ4v) is 6.73. The standard InChI is InChI=1S/C22H21Cl2N3.C13H13N3O2.C2H6/c1-27(20-9-2-5-15-6-4-12-25-22(15)20)14-17-11-10-16(13-26-17)21-18(23)7-3-8-19(21)24;14-6-11-10-5-8(13(7-17)3-4-13)1-2-9(10)12(18)16-15-11;1-2/h3-4,6-8,10-13,20H,2,5,9,14H2,1H3;1-2,5,7H,3-4,6,14H2,(H,16,18);1-2H3. The van der Waals surface area contributed by atoms with E-state index in [0.717, 1.165) is 66.3 Å². The van der Waals surface area contributed by atoms with Crippen molar-refractivity contribution >= 4 is 40.3 Å². The highest BCUT2D eigenvalue weighted by molar-refractivity contribution is 6.39. The van der Waals surface area contributed by atoms with Gasteiger partial charge in [-0.3, -0.25) is 19.7 Å². The first-order valence-electron chi connectivity index (χ1n) is 16.0. The molecule has 2 aromatic carbocycles. The number of nitrogens with one attached hydrogen (secondary N) is 1. The Morgan fingerprint density at radius 3 is 2.45 bits per heavy atom. The predicted molar refractivity (Wildman–Crippen MR) is 190 cm³/mol. The molecule has 10 heteroatoms. The Hall–Kier alpha value is -3.95. The van der Waals surface area contributed by atoms with Gasteiger partial charge in [0.25, 0.3) is 5.56 Å². The van der Waals surface area contributed by atoms with Crippen LogP contribution in [0.25, 0.3) is 21.9 Å². The van der Waals surface area contributed by atoms with Crippen LogP contribution in [0, 0.1) is 0 Å². The van der Waals surface area contributed by atoms with Crippen molar-refractivity contribution in [1.29, 1.82) is 0 Å². The molecule has 0 amide bonds. The summed E-state index contributed by atoms with van der Waals surface area (Å²) >= 11 is 12.6. The van der Waals surface area contributed by atoms with Crippen LogP contribution in [0.4, 0.5) is 0 Å². The summed E-state index contributed by atoms with van der Waals surface area (Å²) in [5, 5.41) is 8.95. The molecule has 0 saturated heterocycles. The lowest BCUT2D eigenvalue weighted by Gasteiger charge is -2.32. The molecule has 0 radical (unpaired) electrons. The number of aldehydes is 1. The van der Waals surface area contributed by atoms with E-state index in [1.54, 1.807) is 6.07 Å². The van der Waals surface area contributed by atoms with Crippen LogP contribution in [0.2, 0.25) is 10.0 Å². The van der Waals surface area contributed by atoms with Crippen LogP contribution in [0.5, 0.6) is 0 Å². The number of aromatic nitrogens is 4. The molecular formula is C37H40Cl2N6O2. The van der Waals surface area contributed by atoms with Gasteiger partial charge in [-0.25, -0.2) is 5.10 Å². The highest BCUT2D eigenvalue weighted by atomic mass is 35.5. The molecule has 3 aromatic heterocycles. The first kappa shape index (κ1) is 34.4. The van der Waals surface area contributed by atoms with Gasteiger partial charge in [0.05, 0.1) is 33.9 Å². The lowest BCUT2D eigenvalue weighted by Crippen LogP contribution is -2.28. The average molecular weight is 672 g/mol. The maximum absolute atomic E-state index is 11.7. The van der Waals surface area contributed by atoms with Crippen LogP contribution in [-0.2, 0) is 29.7 Å². The van der Waals surface area contributed by atoms with E-state index in [9.17, 15) is 9.59 Å². The van der Waals surface area contributed by atoms with Gasteiger partial charge in [-0.2, -0.15) is 5.10 Å². The second-order valence-electron chi connectivity index (χ2n) is 11.7. The molecule has 244 valence electrons. The Balaban J connectivity index is 0.000000188. The van der Waals surface area contributed by atoms with Crippen molar-refractivity contribution in [2.45, 2.75) is 70.5 Å². The third-order valence-corrected chi connectivity index (χ3v) is 9.47. The van der Waals surface area contributed by atoms with Crippen molar-refractivity contribution in [3.05, 3.63) is 122 Å². The number of fused-ring (bicyclic) bond motifs is 2. The lowest BCUT2D eigenvalue weighted by atomic mass is 9.91. The summed E-state index contributed by atoms with van der Waals surface area (Å²) in [5.74, 6) is 0. The fraction of sp³-hybridized carbons (Fsp3) is 0.324. The molecule has 2 aliphatic rings. The van der Waals surface area contributed by atoms with Gasteiger partial charge < -0.3 is 10.5 Å². The van der Waals surface area contributed by atoms with Gasteiger partial charge in [0.1, 0.15) is 6.29 Å². The molecule has 2 aliphatic carbocycles. The number of carbonyl (C=O) groups is 1. The number of nitrogens with two attached hydrogens (primary N) is 1. The minimum Gasteiger partial charge on any atom is -0.325 e. The zero-order chi connectivity index (χ0) is 33.6. The minimum absolute atomic E-state index is 0.232. The number of pyridine rings is 2. The van der Waals surface area contributed by atoms with E-state index >= 15 is 0 Å². The van der Waals surface area contributed by atoms with Gasteiger partial charge in [-0.1, -0.05) is 61.3 Å². The number of carbonyl (C=O) groups excluding carboxylic acids is 1. The number of rotatable bonds is 7. The van der Waals surface area contributed by atoms with E-state index < -0.39 is 0 Å². The molecule has 1 atom stereocenters. The topological polar surface area (TPSA) is 118 Å². The molecule has 8 nitrogen and oxygen atoms in total. The highest BCUT2D eigenvalue weighted by Gasteiger charge is 2.44. The van der Waals surface area contributed by atoms with Crippen LogP contribution in [-0.4, -0.2) is 38.4 Å². The maximum atomic E-state index is 11.7. The van der Waals surface area contributed by atoms with Crippen molar-refractivity contribution < 1.29 is 4.79 Å². The van der Waals surface area contributed by atoms with Gasteiger partial charge in [0.2, 0.25) is 0 Å². The molecule has 0 spiro atoms. The predicted octanol–water partition coefficient (Wildman–Crippen LogP) is 7.60. The molecule has 3 heterocycles. The summed E-state index contributed by atoms with van der Waals surface area (Å²) < 4.78 is 0. The maximum Gasteiger partial charge on any atom is 0.272 e. The largest absolute Gasteiger partial charge is 0.325 e. The number of aryl methyl sites for hydroxylation is 1. The van der Waals surface area contributed by atoms with Crippen LogP contribution in [0.3, 0.4) is 0 Å². The van der Waals surface area contributed by atoms with Crippen LogP contribution in [0.15, 0.2) is 77.9 Å². The van der Waals surface area contributed by atoms with Gasteiger partial charge in [0, 0.05) is 52.0 Å². The van der Waals surface area contributed by atoms with E-state index in [2.05, 4.69) is 38.2 Å². The fourth-order valence-electron chi connectivity index (χ4n) is 6.11. The van der Waals surface area contributed by atoms with Crippen molar-refractivity contribution in [3.63, 3.8) is 0 Å². The SMILES string of the molecule is CC.CN(Cc1ccc(-c2c(Cl)cccc2Cl)cn1)C1CCCc2cccnc21.NCc1n[nH]c(=O)c2ccc(C3(C=O)CC3)cc12. The Morgan fingerprint density at radius 2 is 1.79 bits per heavy atom. The van der Waals surface area contributed by atoms with E-state index in [4.69, 9.17) is 28.9 Å². The summed E-state index contributed by atoms with van der Waals surface area (Å²) in [6, 6.07) is 19.7. The van der Waals surface area contributed by atoms with E-state index in [1.807, 2.05) is 74.8 Å². The number of nitrogens with zero attached hydrogens (tertiary/aromatic N) is 4. The third-order valence-electron chi connectivity index (χ3n) is 8.84. The highest BCUT2D eigenvalue weighted by Crippen LogP contribution is 2.46. The van der Waals surface area contributed by atoms with E-state index in [1.165, 1.54) is 17.7 Å². The summed E-state index contributed by atoms with van der Waals surface area (Å²) in [4.78, 5) is 34.4. The van der Waals surface area contributed by atoms with Crippen molar-refractivity contribution in [2.24, 2.45) is 5.73 Å². The van der Waals surface area contributed by atoms with Crippen molar-refractivity contribution in [3.8, 4) is 11.1 Å². The van der Waals surface area contributed by atoms with Crippen molar-refractivity contribution in [2.75, 3.05) is 7.05 Å². The number of hydrogen-bond donors (Lipinski definition) is 2. The first-order valence-corrected chi connectivity index (χ1v) is 16.8. The molecule has 3 N–H and O–H groups in total. The monoisotopic (exact) mass is 670 g/mol. The quantitative estimate of drug-likeness (QED) is 0.171. The molecule has 0 bridgehead atoms. The summed E-state index contributed by atoms with van der Waals surface area (Å²) in [6.07, 6.45) is 9.94. The molecule has 0 aliphatic heterocycles. The number of aromatic amines is 1. The Labute approximate surface area is 285 Å².